The summed E-state index contributed by atoms with van der Waals surface area (Å²) in [5, 5.41) is 1.53. The van der Waals surface area contributed by atoms with Gasteiger partial charge in [-0.3, -0.25) is 9.59 Å². The van der Waals surface area contributed by atoms with E-state index in [9.17, 15) is 22.8 Å². The Morgan fingerprint density at radius 1 is 1.38 bits per heavy atom. The molecule has 1 aromatic rings. The lowest BCUT2D eigenvalue weighted by Crippen LogP contribution is -2.23. The number of halogens is 3. The van der Waals surface area contributed by atoms with Gasteiger partial charge in [0, 0.05) is 12.1 Å². The molecule has 0 saturated heterocycles. The number of rotatable bonds is 3. The minimum Gasteiger partial charge on any atom is -0.370 e. The van der Waals surface area contributed by atoms with E-state index in [1.54, 1.807) is 0 Å². The molecule has 7 nitrogen and oxygen atoms in total. The summed E-state index contributed by atoms with van der Waals surface area (Å²) in [6.45, 7) is 0. The van der Waals surface area contributed by atoms with E-state index in [1.807, 2.05) is 0 Å². The Balaban J connectivity index is 1.98. The monoisotopic (exact) mass is 359 g/mol. The molecule has 0 aromatic heterocycles. The van der Waals surface area contributed by atoms with Gasteiger partial charge in [-0.05, 0) is 18.2 Å². The first-order chi connectivity index (χ1) is 11.1. The molecule has 11 heteroatoms. The summed E-state index contributed by atoms with van der Waals surface area (Å²) in [6, 6.07) is 4.19. The maximum Gasteiger partial charge on any atom is 0.416 e. The van der Waals surface area contributed by atoms with E-state index in [-0.39, 0.29) is 23.2 Å². The number of thioether (sulfide) groups is 1. The molecule has 2 rings (SSSR count). The number of nitrogens with one attached hydrogen (secondary N) is 1. The lowest BCUT2D eigenvalue weighted by Gasteiger charge is -2.11. The first-order valence-corrected chi connectivity index (χ1v) is 7.39. The zero-order chi connectivity index (χ0) is 17.9. The maximum absolute atomic E-state index is 12.6. The van der Waals surface area contributed by atoms with E-state index in [4.69, 9.17) is 11.5 Å². The second kappa shape index (κ2) is 6.91. The molecule has 1 atom stereocenters. The van der Waals surface area contributed by atoms with Crippen LogP contribution >= 0.6 is 11.8 Å². The van der Waals surface area contributed by atoms with Crippen molar-refractivity contribution in [2.24, 2.45) is 21.5 Å². The van der Waals surface area contributed by atoms with Crippen LogP contribution in [0.5, 0.6) is 0 Å². The molecular weight excluding hydrogens is 347 g/mol. The van der Waals surface area contributed by atoms with Crippen LogP contribution in [0, 0.1) is 0 Å². The second-order valence-corrected chi connectivity index (χ2v) is 5.88. The third kappa shape index (κ3) is 4.72. The Morgan fingerprint density at radius 2 is 2.08 bits per heavy atom. The van der Waals surface area contributed by atoms with Gasteiger partial charge in [0.1, 0.15) is 5.25 Å². The molecule has 1 aromatic carbocycles. The van der Waals surface area contributed by atoms with Crippen molar-refractivity contribution in [1.82, 2.24) is 0 Å². The van der Waals surface area contributed by atoms with Gasteiger partial charge in [0.25, 0.3) is 5.91 Å². The van der Waals surface area contributed by atoms with E-state index >= 15 is 0 Å². The highest BCUT2D eigenvalue weighted by molar-refractivity contribution is 8.15. The molecule has 1 heterocycles. The minimum absolute atomic E-state index is 0.0179. The number of nitrogens with two attached hydrogens (primary N) is 2. The summed E-state index contributed by atoms with van der Waals surface area (Å²) in [6.07, 6.45) is -4.78. The van der Waals surface area contributed by atoms with Crippen molar-refractivity contribution in [2.75, 3.05) is 5.32 Å². The molecule has 1 aliphatic heterocycles. The van der Waals surface area contributed by atoms with Gasteiger partial charge in [-0.15, -0.1) is 0 Å². The molecule has 128 valence electrons. The van der Waals surface area contributed by atoms with E-state index < -0.39 is 28.8 Å². The number of guanidine groups is 1. The average molecular weight is 359 g/mol. The molecule has 1 aliphatic rings. The fourth-order valence-corrected chi connectivity index (χ4v) is 2.76. The SMILES string of the molecule is NC(N)=NC1=NC(=O)[C@H](CC(=O)Nc2cccc(C(F)(F)F)c2)S1. The van der Waals surface area contributed by atoms with Gasteiger partial charge in [0.2, 0.25) is 5.91 Å². The summed E-state index contributed by atoms with van der Waals surface area (Å²) in [4.78, 5) is 30.8. The van der Waals surface area contributed by atoms with Crippen molar-refractivity contribution >= 4 is 40.4 Å². The van der Waals surface area contributed by atoms with Crippen LogP contribution in [0.3, 0.4) is 0 Å². The predicted molar refractivity (Wildman–Crippen MR) is 84.3 cm³/mol. The zero-order valence-corrected chi connectivity index (χ0v) is 12.8. The quantitative estimate of drug-likeness (QED) is 0.555. The topological polar surface area (TPSA) is 123 Å². The Kier molecular flexibility index (Phi) is 5.12. The van der Waals surface area contributed by atoms with Gasteiger partial charge < -0.3 is 16.8 Å². The van der Waals surface area contributed by atoms with Gasteiger partial charge in [0.15, 0.2) is 11.1 Å². The Labute approximate surface area is 138 Å². The number of nitrogens with zero attached hydrogens (tertiary/aromatic N) is 2. The number of carbonyl (C=O) groups excluding carboxylic acids is 2. The van der Waals surface area contributed by atoms with Crippen LogP contribution in [0.4, 0.5) is 18.9 Å². The highest BCUT2D eigenvalue weighted by atomic mass is 32.2. The van der Waals surface area contributed by atoms with Crippen LogP contribution in [-0.4, -0.2) is 28.2 Å². The van der Waals surface area contributed by atoms with Gasteiger partial charge in [-0.2, -0.15) is 23.2 Å². The van der Waals surface area contributed by atoms with E-state index in [0.29, 0.717) is 0 Å². The number of alkyl halides is 3. The maximum atomic E-state index is 12.6. The largest absolute Gasteiger partial charge is 0.416 e. The van der Waals surface area contributed by atoms with Gasteiger partial charge >= 0.3 is 6.18 Å². The third-order valence-electron chi connectivity index (χ3n) is 2.80. The Bertz CT molecular complexity index is 729. The number of carbonyl (C=O) groups is 2. The van der Waals surface area contributed by atoms with Crippen LogP contribution in [0.2, 0.25) is 0 Å². The highest BCUT2D eigenvalue weighted by Crippen LogP contribution is 2.31. The molecule has 0 radical (unpaired) electrons. The molecule has 5 N–H and O–H groups in total. The van der Waals surface area contributed by atoms with Crippen LogP contribution in [0.25, 0.3) is 0 Å². The number of amidine groups is 1. The van der Waals surface area contributed by atoms with Crippen molar-refractivity contribution in [3.8, 4) is 0 Å². The number of amides is 2. The van der Waals surface area contributed by atoms with Crippen molar-refractivity contribution in [3.63, 3.8) is 0 Å². The number of hydrogen-bond donors (Lipinski definition) is 3. The molecule has 0 spiro atoms. The molecule has 0 saturated carbocycles. The molecule has 0 unspecified atom stereocenters. The van der Waals surface area contributed by atoms with Crippen molar-refractivity contribution < 1.29 is 22.8 Å². The number of benzene rings is 1. The Hall–Kier alpha value is -2.56. The summed E-state index contributed by atoms with van der Waals surface area (Å²) in [5.41, 5.74) is 9.43. The fourth-order valence-electron chi connectivity index (χ4n) is 1.81. The first-order valence-electron chi connectivity index (χ1n) is 6.51. The standard InChI is InChI=1S/C13H12F3N5O2S/c14-13(15,16)6-2-1-3-7(4-6)19-9(22)5-8-10(23)20-12(24-8)21-11(17)18/h1-4,8H,5H2,(H,19,22)(H4,17,18,20,21,23)/t8-/m0/s1. The van der Waals surface area contributed by atoms with Crippen molar-refractivity contribution in [3.05, 3.63) is 29.8 Å². The van der Waals surface area contributed by atoms with E-state index in [0.717, 1.165) is 23.9 Å². The van der Waals surface area contributed by atoms with Gasteiger partial charge in [-0.1, -0.05) is 17.8 Å². The fraction of sp³-hybridized carbons (Fsp3) is 0.231. The van der Waals surface area contributed by atoms with E-state index in [1.165, 1.54) is 12.1 Å². The van der Waals surface area contributed by atoms with Crippen LogP contribution in [0.1, 0.15) is 12.0 Å². The number of hydrogen-bond acceptors (Lipinski definition) is 4. The van der Waals surface area contributed by atoms with Crippen LogP contribution in [-0.2, 0) is 15.8 Å². The van der Waals surface area contributed by atoms with Gasteiger partial charge in [0.05, 0.1) is 5.56 Å². The normalized spacial score (nSPS) is 17.4. The lowest BCUT2D eigenvalue weighted by atomic mass is 10.2. The second-order valence-electron chi connectivity index (χ2n) is 4.71. The first kappa shape index (κ1) is 17.8. The van der Waals surface area contributed by atoms with E-state index in [2.05, 4.69) is 15.3 Å². The third-order valence-corrected chi connectivity index (χ3v) is 3.84. The zero-order valence-electron chi connectivity index (χ0n) is 12.0. The lowest BCUT2D eigenvalue weighted by molar-refractivity contribution is -0.137. The summed E-state index contributed by atoms with van der Waals surface area (Å²) >= 11 is 0.906. The smallest absolute Gasteiger partial charge is 0.370 e. The Morgan fingerprint density at radius 3 is 2.71 bits per heavy atom. The van der Waals surface area contributed by atoms with Gasteiger partial charge in [-0.25, -0.2) is 0 Å². The number of anilines is 1. The average Bonchev–Trinajstić information content (AvgIpc) is 2.77. The summed E-state index contributed by atoms with van der Waals surface area (Å²) < 4.78 is 37.9. The molecule has 24 heavy (non-hydrogen) atoms. The van der Waals surface area contributed by atoms with Crippen molar-refractivity contribution in [2.45, 2.75) is 17.8 Å². The molecule has 0 aliphatic carbocycles. The summed E-state index contributed by atoms with van der Waals surface area (Å²) in [7, 11) is 0. The number of aliphatic imine (C=N–C) groups is 2. The van der Waals surface area contributed by atoms with Crippen molar-refractivity contribution in [1.29, 1.82) is 0 Å². The molecular formula is C13H12F3N5O2S. The minimum atomic E-state index is -4.51. The molecule has 2 amide bonds. The molecule has 0 fully saturated rings. The summed E-state index contributed by atoms with van der Waals surface area (Å²) in [5.74, 6) is -1.48. The molecule has 0 bridgehead atoms. The van der Waals surface area contributed by atoms with Crippen LogP contribution < -0.4 is 16.8 Å². The highest BCUT2D eigenvalue weighted by Gasteiger charge is 2.32. The van der Waals surface area contributed by atoms with Crippen LogP contribution in [0.15, 0.2) is 34.3 Å². The predicted octanol–water partition coefficient (Wildman–Crippen LogP) is 1.31.